The van der Waals surface area contributed by atoms with E-state index in [0.717, 1.165) is 17.1 Å². The normalized spacial score (nSPS) is 12.0. The maximum absolute atomic E-state index is 14.1. The molecule has 0 saturated carbocycles. The van der Waals surface area contributed by atoms with E-state index in [0.29, 0.717) is 39.2 Å². The fourth-order valence-electron chi connectivity index (χ4n) is 4.34. The maximum atomic E-state index is 14.1. The van der Waals surface area contributed by atoms with Gasteiger partial charge in [0.25, 0.3) is 10.0 Å². The molecule has 0 unspecified atom stereocenters. The van der Waals surface area contributed by atoms with Gasteiger partial charge in [-0.05, 0) is 67.3 Å². The molecule has 3 rings (SSSR count). The minimum absolute atomic E-state index is 0.0170. The highest BCUT2D eigenvalue weighted by Crippen LogP contribution is 2.30. The quantitative estimate of drug-likeness (QED) is 0.207. The van der Waals surface area contributed by atoms with Crippen LogP contribution in [0.4, 0.5) is 5.69 Å². The molecule has 0 bridgehead atoms. The highest BCUT2D eigenvalue weighted by Gasteiger charge is 2.34. The molecule has 0 aliphatic carbocycles. The number of amides is 2. The largest absolute Gasteiger partial charge is 0.354 e. The lowest BCUT2D eigenvalue weighted by molar-refractivity contribution is -0.140. The van der Waals surface area contributed by atoms with Gasteiger partial charge in [0.2, 0.25) is 11.8 Å². The number of hydrogen-bond donors (Lipinski definition) is 1. The fraction of sp³-hybridized carbons (Fsp3) is 0.333. The number of benzene rings is 3. The number of anilines is 1. The van der Waals surface area contributed by atoms with Crippen molar-refractivity contribution in [1.82, 2.24) is 10.2 Å². The summed E-state index contributed by atoms with van der Waals surface area (Å²) in [6.45, 7) is 5.49. The molecule has 2 amide bonds. The number of sulfonamides is 1. The zero-order valence-corrected chi connectivity index (χ0v) is 26.3. The van der Waals surface area contributed by atoms with Gasteiger partial charge in [0.15, 0.2) is 0 Å². The van der Waals surface area contributed by atoms with Crippen LogP contribution in [0.25, 0.3) is 0 Å². The molecule has 1 atom stereocenters. The van der Waals surface area contributed by atoms with Gasteiger partial charge in [0.1, 0.15) is 12.6 Å². The SMILES string of the molecule is CCCCNC(=O)[C@H](CC)N(Cc1ccc(Cl)c(Cl)c1)C(=O)CN(c1cc(Cl)ccc1C)S(=O)(=O)c1ccccc1. The second-order valence-electron chi connectivity index (χ2n) is 9.59. The van der Waals surface area contributed by atoms with Gasteiger partial charge in [0, 0.05) is 18.1 Å². The second kappa shape index (κ2) is 14.9. The number of carbonyl (C=O) groups is 2. The Kier molecular flexibility index (Phi) is 11.9. The summed E-state index contributed by atoms with van der Waals surface area (Å²) in [6, 6.07) is 16.8. The Morgan fingerprint density at radius 2 is 1.63 bits per heavy atom. The summed E-state index contributed by atoms with van der Waals surface area (Å²) >= 11 is 18.6. The number of nitrogens with one attached hydrogen (secondary N) is 1. The molecule has 41 heavy (non-hydrogen) atoms. The van der Waals surface area contributed by atoms with E-state index in [2.05, 4.69) is 5.32 Å². The molecule has 0 spiro atoms. The van der Waals surface area contributed by atoms with E-state index in [-0.39, 0.29) is 23.0 Å². The minimum Gasteiger partial charge on any atom is -0.354 e. The number of nitrogens with zero attached hydrogens (tertiary/aromatic N) is 2. The number of aryl methyl sites for hydroxylation is 1. The van der Waals surface area contributed by atoms with Crippen molar-refractivity contribution in [1.29, 1.82) is 0 Å². The fourth-order valence-corrected chi connectivity index (χ4v) is 6.32. The van der Waals surface area contributed by atoms with Crippen LogP contribution < -0.4 is 9.62 Å². The number of unbranched alkanes of at least 4 members (excludes halogenated alkanes) is 1. The van der Waals surface area contributed by atoms with E-state index < -0.39 is 28.5 Å². The Morgan fingerprint density at radius 1 is 0.927 bits per heavy atom. The summed E-state index contributed by atoms with van der Waals surface area (Å²) < 4.78 is 28.9. The summed E-state index contributed by atoms with van der Waals surface area (Å²) in [5.41, 5.74) is 1.52. The molecule has 0 aliphatic rings. The smallest absolute Gasteiger partial charge is 0.264 e. The van der Waals surface area contributed by atoms with Crippen LogP contribution in [0.5, 0.6) is 0 Å². The van der Waals surface area contributed by atoms with Crippen LogP contribution >= 0.6 is 34.8 Å². The van der Waals surface area contributed by atoms with E-state index in [1.165, 1.54) is 23.1 Å². The monoisotopic (exact) mass is 637 g/mol. The van der Waals surface area contributed by atoms with E-state index in [9.17, 15) is 18.0 Å². The van der Waals surface area contributed by atoms with Gasteiger partial charge in [-0.3, -0.25) is 13.9 Å². The minimum atomic E-state index is -4.19. The lowest BCUT2D eigenvalue weighted by Gasteiger charge is -2.33. The van der Waals surface area contributed by atoms with Crippen LogP contribution in [-0.2, 0) is 26.2 Å². The van der Waals surface area contributed by atoms with Crippen molar-refractivity contribution >= 4 is 62.3 Å². The van der Waals surface area contributed by atoms with Crippen LogP contribution in [0.15, 0.2) is 71.6 Å². The van der Waals surface area contributed by atoms with Crippen molar-refractivity contribution in [2.45, 2.75) is 57.5 Å². The van der Waals surface area contributed by atoms with Crippen LogP contribution in [0.1, 0.15) is 44.2 Å². The Hall–Kier alpha value is -2.78. The van der Waals surface area contributed by atoms with E-state index >= 15 is 0 Å². The highest BCUT2D eigenvalue weighted by atomic mass is 35.5. The van der Waals surface area contributed by atoms with Crippen molar-refractivity contribution < 1.29 is 18.0 Å². The van der Waals surface area contributed by atoms with Crippen LogP contribution in [0.2, 0.25) is 15.1 Å². The van der Waals surface area contributed by atoms with Crippen molar-refractivity contribution in [3.05, 3.63) is 92.9 Å². The van der Waals surface area contributed by atoms with E-state index in [1.54, 1.807) is 62.4 Å². The Morgan fingerprint density at radius 3 is 2.27 bits per heavy atom. The molecule has 0 saturated heterocycles. The third kappa shape index (κ3) is 8.38. The summed E-state index contributed by atoms with van der Waals surface area (Å²) in [5.74, 6) is -0.877. The molecular formula is C30H34Cl3N3O4S. The molecule has 3 aromatic carbocycles. The average molecular weight is 639 g/mol. The zero-order valence-electron chi connectivity index (χ0n) is 23.2. The van der Waals surface area contributed by atoms with Gasteiger partial charge in [0.05, 0.1) is 20.6 Å². The molecule has 0 radical (unpaired) electrons. The first kappa shape index (κ1) is 32.7. The molecule has 0 aromatic heterocycles. The topological polar surface area (TPSA) is 86.8 Å². The molecule has 1 N–H and O–H groups in total. The summed E-state index contributed by atoms with van der Waals surface area (Å²) in [6.07, 6.45) is 2.00. The number of hydrogen-bond acceptors (Lipinski definition) is 4. The third-order valence-corrected chi connectivity index (χ3v) is 9.35. The van der Waals surface area contributed by atoms with Crippen molar-refractivity contribution in [3.8, 4) is 0 Å². The number of halogens is 3. The lowest BCUT2D eigenvalue weighted by Crippen LogP contribution is -2.52. The lowest BCUT2D eigenvalue weighted by atomic mass is 10.1. The van der Waals surface area contributed by atoms with Gasteiger partial charge in [-0.2, -0.15) is 0 Å². The number of carbonyl (C=O) groups excluding carboxylic acids is 2. The van der Waals surface area contributed by atoms with Gasteiger partial charge in [-0.25, -0.2) is 8.42 Å². The zero-order chi connectivity index (χ0) is 30.2. The van der Waals surface area contributed by atoms with Gasteiger partial charge >= 0.3 is 0 Å². The van der Waals surface area contributed by atoms with Crippen molar-refractivity contribution in [2.75, 3.05) is 17.4 Å². The predicted molar refractivity (Wildman–Crippen MR) is 166 cm³/mol. The maximum Gasteiger partial charge on any atom is 0.264 e. The highest BCUT2D eigenvalue weighted by molar-refractivity contribution is 7.92. The molecule has 0 aliphatic heterocycles. The summed E-state index contributed by atoms with van der Waals surface area (Å²) in [7, 11) is -4.19. The second-order valence-corrected chi connectivity index (χ2v) is 12.7. The van der Waals surface area contributed by atoms with Crippen molar-refractivity contribution in [2.24, 2.45) is 0 Å². The summed E-state index contributed by atoms with van der Waals surface area (Å²) in [4.78, 5) is 28.8. The van der Waals surface area contributed by atoms with E-state index in [4.69, 9.17) is 34.8 Å². The van der Waals surface area contributed by atoms with Gasteiger partial charge < -0.3 is 10.2 Å². The standard InChI is InChI=1S/C30H34Cl3N3O4S/c1-4-6-16-34-30(38)27(5-2)35(19-22-13-15-25(32)26(33)17-22)29(37)20-36(28-18-23(31)14-12-21(28)3)41(39,40)24-10-8-7-9-11-24/h7-15,17-18,27H,4-6,16,19-20H2,1-3H3,(H,34,38)/t27-/m0/s1. The van der Waals surface area contributed by atoms with Crippen LogP contribution in [0.3, 0.4) is 0 Å². The molecule has 0 heterocycles. The van der Waals surface area contributed by atoms with Gasteiger partial charge in [-0.1, -0.05) is 85.4 Å². The molecule has 11 heteroatoms. The number of rotatable bonds is 13. The van der Waals surface area contributed by atoms with Gasteiger partial charge in [-0.15, -0.1) is 0 Å². The first-order valence-corrected chi connectivity index (χ1v) is 15.9. The average Bonchev–Trinajstić information content (AvgIpc) is 2.95. The molecule has 3 aromatic rings. The first-order chi connectivity index (χ1) is 19.5. The Labute approximate surface area is 257 Å². The molecule has 0 fully saturated rings. The predicted octanol–water partition coefficient (Wildman–Crippen LogP) is 6.87. The molecular weight excluding hydrogens is 605 g/mol. The molecule has 220 valence electrons. The summed E-state index contributed by atoms with van der Waals surface area (Å²) in [5, 5.41) is 3.89. The first-order valence-electron chi connectivity index (χ1n) is 13.3. The van der Waals surface area contributed by atoms with Crippen LogP contribution in [0, 0.1) is 6.92 Å². The van der Waals surface area contributed by atoms with E-state index in [1.807, 2.05) is 6.92 Å². The molecule has 7 nitrogen and oxygen atoms in total. The van der Waals surface area contributed by atoms with Crippen LogP contribution in [-0.4, -0.2) is 44.3 Å². The Balaban J connectivity index is 2.08. The van der Waals surface area contributed by atoms with Crippen molar-refractivity contribution in [3.63, 3.8) is 0 Å². The Bertz CT molecular complexity index is 1470. The third-order valence-electron chi connectivity index (χ3n) is 6.60.